The third-order valence-electron chi connectivity index (χ3n) is 6.57. The van der Waals surface area contributed by atoms with Crippen LogP contribution in [0.4, 0.5) is 15.8 Å². The van der Waals surface area contributed by atoms with Crippen LogP contribution in [-0.2, 0) is 4.79 Å². The Bertz CT molecular complexity index is 1070. The molecule has 9 heteroatoms. The van der Waals surface area contributed by atoms with E-state index in [1.807, 2.05) is 42.7 Å². The van der Waals surface area contributed by atoms with Crippen molar-refractivity contribution in [1.29, 1.82) is 0 Å². The van der Waals surface area contributed by atoms with Gasteiger partial charge in [-0.1, -0.05) is 57.7 Å². The van der Waals surface area contributed by atoms with Gasteiger partial charge >= 0.3 is 5.97 Å². The number of hydrogen-bond donors (Lipinski definition) is 3. The Morgan fingerprint density at radius 1 is 1.17 bits per heavy atom. The zero-order chi connectivity index (χ0) is 26.3. The molecule has 2 aromatic rings. The van der Waals surface area contributed by atoms with E-state index in [1.165, 1.54) is 17.8 Å². The third-order valence-corrected chi connectivity index (χ3v) is 9.38. The summed E-state index contributed by atoms with van der Waals surface area (Å²) < 4.78 is 42.3. The average Bonchev–Trinajstić information content (AvgIpc) is 2.96. The summed E-state index contributed by atoms with van der Waals surface area (Å²) in [5.41, 5.74) is 1.32. The number of carboxylic acid groups (broad SMARTS) is 1. The van der Waals surface area contributed by atoms with Crippen molar-refractivity contribution in [3.8, 4) is 5.75 Å². The van der Waals surface area contributed by atoms with Gasteiger partial charge in [0.2, 0.25) is 5.83 Å². The summed E-state index contributed by atoms with van der Waals surface area (Å²) in [6.07, 6.45) is 8.13. The van der Waals surface area contributed by atoms with Crippen molar-refractivity contribution in [3.05, 3.63) is 54.6 Å². The minimum Gasteiger partial charge on any atom is -0.476 e. The van der Waals surface area contributed by atoms with E-state index < -0.39 is 22.4 Å². The van der Waals surface area contributed by atoms with Gasteiger partial charge in [-0.25, -0.2) is 4.79 Å². The van der Waals surface area contributed by atoms with Crippen LogP contribution in [0.5, 0.6) is 5.75 Å². The molecule has 0 aliphatic carbocycles. The second-order valence-corrected chi connectivity index (χ2v) is 12.2. The van der Waals surface area contributed by atoms with Gasteiger partial charge in [-0.15, -0.1) is 11.8 Å². The number of fused-ring (bicyclic) bond motifs is 1. The lowest BCUT2D eigenvalue weighted by Gasteiger charge is -2.42. The summed E-state index contributed by atoms with van der Waals surface area (Å²) in [7, 11) is -3.25. The molecule has 0 atom stereocenters. The number of hydrogen-bond acceptors (Lipinski definition) is 6. The highest BCUT2D eigenvalue weighted by Crippen LogP contribution is 2.62. The van der Waals surface area contributed by atoms with Crippen molar-refractivity contribution in [2.24, 2.45) is 5.41 Å². The maximum Gasteiger partial charge on any atom is 0.368 e. The van der Waals surface area contributed by atoms with Crippen LogP contribution in [0.25, 0.3) is 0 Å². The number of nitrogens with zero attached hydrogens (tertiary/aromatic N) is 1. The second kappa shape index (κ2) is 12.4. The van der Waals surface area contributed by atoms with Gasteiger partial charge in [0.15, 0.2) is 0 Å². The highest BCUT2D eigenvalue weighted by molar-refractivity contribution is 8.24. The van der Waals surface area contributed by atoms with E-state index in [2.05, 4.69) is 18.7 Å². The summed E-state index contributed by atoms with van der Waals surface area (Å²) in [5.74, 6) is -2.76. The Kier molecular flexibility index (Phi) is 9.74. The van der Waals surface area contributed by atoms with E-state index in [0.29, 0.717) is 28.3 Å². The van der Waals surface area contributed by atoms with Crippen LogP contribution in [0.1, 0.15) is 52.4 Å². The number of aliphatic carboxylic acids is 1. The van der Waals surface area contributed by atoms with E-state index in [0.717, 1.165) is 44.2 Å². The fourth-order valence-corrected chi connectivity index (χ4v) is 7.49. The van der Waals surface area contributed by atoms with Crippen LogP contribution in [0.3, 0.4) is 0 Å². The zero-order valence-corrected chi connectivity index (χ0v) is 22.7. The van der Waals surface area contributed by atoms with Crippen LogP contribution in [0.15, 0.2) is 64.3 Å². The fraction of sp³-hybridized carbons (Fsp3) is 0.444. The number of anilines is 2. The zero-order valence-electron chi connectivity index (χ0n) is 21.1. The van der Waals surface area contributed by atoms with E-state index >= 15 is 0 Å². The number of benzene rings is 2. The molecule has 6 nitrogen and oxygen atoms in total. The maximum absolute atomic E-state index is 13.7. The smallest absolute Gasteiger partial charge is 0.368 e. The summed E-state index contributed by atoms with van der Waals surface area (Å²) >= 11 is 1.36. The van der Waals surface area contributed by atoms with E-state index in [-0.39, 0.29) is 16.9 Å². The van der Waals surface area contributed by atoms with Crippen molar-refractivity contribution < 1.29 is 28.1 Å². The van der Waals surface area contributed by atoms with Gasteiger partial charge in [0.1, 0.15) is 12.0 Å². The number of carboxylic acids is 1. The molecule has 0 aromatic heterocycles. The van der Waals surface area contributed by atoms with E-state index in [1.54, 1.807) is 0 Å². The number of rotatable bonds is 11. The highest BCUT2D eigenvalue weighted by Gasteiger charge is 2.42. The van der Waals surface area contributed by atoms with Gasteiger partial charge in [0.25, 0.3) is 0 Å². The average molecular weight is 538 g/mol. The predicted octanol–water partition coefficient (Wildman–Crippen LogP) is 8.31. The van der Waals surface area contributed by atoms with Crippen LogP contribution in [0, 0.1) is 5.41 Å². The summed E-state index contributed by atoms with van der Waals surface area (Å²) in [4.78, 5) is 14.0. The molecule has 2 aromatic carbocycles. The van der Waals surface area contributed by atoms with E-state index in [4.69, 9.17) is 9.84 Å². The highest BCUT2D eigenvalue weighted by atomic mass is 32.3. The molecule has 0 radical (unpaired) electrons. The van der Waals surface area contributed by atoms with Crippen molar-refractivity contribution in [3.63, 3.8) is 0 Å². The Balaban J connectivity index is 2.22. The Hall–Kier alpha value is -2.20. The normalized spacial score (nSPS) is 17.7. The first kappa shape index (κ1) is 28.4. The van der Waals surface area contributed by atoms with Gasteiger partial charge in [0, 0.05) is 29.5 Å². The van der Waals surface area contributed by atoms with Crippen LogP contribution in [0.2, 0.25) is 0 Å². The molecule has 1 aliphatic heterocycles. The first-order chi connectivity index (χ1) is 17.2. The van der Waals surface area contributed by atoms with Gasteiger partial charge in [0.05, 0.1) is 15.5 Å². The lowest BCUT2D eigenvalue weighted by molar-refractivity contribution is -0.134. The number of unbranched alkanes of at least 4 members (excludes halogenated alkanes) is 2. The van der Waals surface area contributed by atoms with E-state index in [9.17, 15) is 18.3 Å². The molecule has 0 unspecified atom stereocenters. The number of thioether (sulfide) groups is 1. The number of carbonyl (C=O) groups is 1. The van der Waals surface area contributed by atoms with Gasteiger partial charge in [-0.3, -0.25) is 9.11 Å². The summed E-state index contributed by atoms with van der Waals surface area (Å²) in [6, 6.07) is 13.3. The topological polar surface area (TPSA) is 90.2 Å². The first-order valence-corrected chi connectivity index (χ1v) is 15.2. The molecule has 0 saturated carbocycles. The number of para-hydroxylation sites is 1. The summed E-state index contributed by atoms with van der Waals surface area (Å²) in [5, 5.41) is 8.85. The molecule has 3 rings (SSSR count). The Labute approximate surface area is 218 Å². The summed E-state index contributed by atoms with van der Waals surface area (Å²) in [6.45, 7) is 4.93. The van der Waals surface area contributed by atoms with Crippen LogP contribution >= 0.6 is 22.4 Å². The molecule has 0 saturated heterocycles. The molecule has 0 fully saturated rings. The van der Waals surface area contributed by atoms with Crippen LogP contribution in [-0.4, -0.2) is 38.7 Å². The third kappa shape index (κ3) is 6.56. The lowest BCUT2D eigenvalue weighted by Crippen LogP contribution is -2.37. The van der Waals surface area contributed by atoms with Gasteiger partial charge < -0.3 is 14.7 Å². The molecule has 198 valence electrons. The molecule has 0 bridgehead atoms. The Morgan fingerprint density at radius 2 is 1.81 bits per heavy atom. The first-order valence-electron chi connectivity index (χ1n) is 12.2. The standard InChI is InChI=1S/C27H36FNO5S2/c1-4-6-13-27(14-7-5-2)18-29(20-11-9-8-10-12-20)22-15-24(35-3)23(34-17-21(28)26(30)31)16-25(22)36(32,33)19-27/h8-12,15-17,32-33H,4-7,13-14,18-19H2,1-3H3,(H,30,31)/b21-17-. The predicted molar refractivity (Wildman–Crippen MR) is 147 cm³/mol. The quantitative estimate of drug-likeness (QED) is 0.151. The molecule has 0 amide bonds. The van der Waals surface area contributed by atoms with Gasteiger partial charge in [-0.2, -0.15) is 15.0 Å². The second-order valence-electron chi connectivity index (χ2n) is 9.30. The largest absolute Gasteiger partial charge is 0.476 e. The number of ether oxygens (including phenoxy) is 1. The molecular formula is C27H36FNO5S2. The van der Waals surface area contributed by atoms with Crippen molar-refractivity contribution in [1.82, 2.24) is 0 Å². The van der Waals surface area contributed by atoms with Crippen molar-refractivity contribution in [2.45, 2.75) is 62.2 Å². The van der Waals surface area contributed by atoms with Crippen LogP contribution < -0.4 is 9.64 Å². The Morgan fingerprint density at radius 3 is 2.36 bits per heavy atom. The van der Waals surface area contributed by atoms with Crippen molar-refractivity contribution >= 4 is 39.7 Å². The maximum atomic E-state index is 13.7. The molecule has 1 heterocycles. The lowest BCUT2D eigenvalue weighted by atomic mass is 9.79. The minimum atomic E-state index is -3.25. The molecule has 1 aliphatic rings. The molecular weight excluding hydrogens is 501 g/mol. The van der Waals surface area contributed by atoms with Crippen molar-refractivity contribution in [2.75, 3.05) is 23.5 Å². The minimum absolute atomic E-state index is 0.181. The molecule has 36 heavy (non-hydrogen) atoms. The molecule has 0 spiro atoms. The fourth-order valence-electron chi connectivity index (χ4n) is 4.76. The number of halogens is 1. The van der Waals surface area contributed by atoms with Gasteiger partial charge in [-0.05, 0) is 37.3 Å². The molecule has 3 N–H and O–H groups in total. The monoisotopic (exact) mass is 537 g/mol. The SMILES string of the molecule is CCCCC1(CCCC)CN(c2ccccc2)c2cc(SC)c(O/C=C(\F)C(=O)O)cc2S(O)(O)C1.